The molecule has 148 valence electrons. The van der Waals surface area contributed by atoms with Gasteiger partial charge in [-0.2, -0.15) is 0 Å². The maximum atomic E-state index is 5.51. The SMILES string of the molecule is COc1ccccc1CCCN1CCC2C(C1)c1cccc3c1N2CCCS3. The molecule has 0 N–H and O–H groups in total. The molecule has 2 aromatic rings. The Morgan fingerprint density at radius 1 is 1.11 bits per heavy atom. The summed E-state index contributed by atoms with van der Waals surface area (Å²) in [5.74, 6) is 2.98. The largest absolute Gasteiger partial charge is 0.496 e. The van der Waals surface area contributed by atoms with E-state index in [9.17, 15) is 0 Å². The van der Waals surface area contributed by atoms with Crippen LogP contribution in [0.5, 0.6) is 5.75 Å². The van der Waals surface area contributed by atoms with Crippen LogP contribution < -0.4 is 9.64 Å². The summed E-state index contributed by atoms with van der Waals surface area (Å²) in [5, 5.41) is 0. The van der Waals surface area contributed by atoms with Crippen LogP contribution in [0.4, 0.5) is 5.69 Å². The van der Waals surface area contributed by atoms with Gasteiger partial charge in [-0.05, 0) is 61.2 Å². The van der Waals surface area contributed by atoms with E-state index in [1.165, 1.54) is 61.7 Å². The van der Waals surface area contributed by atoms with Crippen molar-refractivity contribution in [1.82, 2.24) is 4.90 Å². The zero-order chi connectivity index (χ0) is 18.9. The predicted octanol–water partition coefficient (Wildman–Crippen LogP) is 4.80. The Labute approximate surface area is 173 Å². The number of piperidine rings is 1. The van der Waals surface area contributed by atoms with Crippen LogP contribution in [-0.2, 0) is 6.42 Å². The highest BCUT2D eigenvalue weighted by Gasteiger charge is 2.43. The van der Waals surface area contributed by atoms with E-state index in [4.69, 9.17) is 4.74 Å². The second-order valence-electron chi connectivity index (χ2n) is 8.27. The van der Waals surface area contributed by atoms with Crippen LogP contribution in [0.3, 0.4) is 0 Å². The van der Waals surface area contributed by atoms with E-state index in [1.54, 1.807) is 18.4 Å². The first-order valence-electron chi connectivity index (χ1n) is 10.7. The third-order valence-corrected chi connectivity index (χ3v) is 7.82. The fourth-order valence-corrected chi connectivity index (χ4v) is 6.45. The molecule has 4 heteroatoms. The van der Waals surface area contributed by atoms with Gasteiger partial charge in [0, 0.05) is 36.5 Å². The quantitative estimate of drug-likeness (QED) is 0.723. The van der Waals surface area contributed by atoms with Crippen LogP contribution in [0.1, 0.15) is 36.3 Å². The van der Waals surface area contributed by atoms with Crippen molar-refractivity contribution in [2.75, 3.05) is 43.9 Å². The fourth-order valence-electron chi connectivity index (χ4n) is 5.41. The molecule has 2 unspecified atom stereocenters. The van der Waals surface area contributed by atoms with Crippen LogP contribution in [0, 0.1) is 0 Å². The molecule has 28 heavy (non-hydrogen) atoms. The van der Waals surface area contributed by atoms with Crippen LogP contribution in [0.15, 0.2) is 47.4 Å². The lowest BCUT2D eigenvalue weighted by molar-refractivity contribution is 0.191. The number of rotatable bonds is 5. The summed E-state index contributed by atoms with van der Waals surface area (Å²) in [4.78, 5) is 6.99. The summed E-state index contributed by atoms with van der Waals surface area (Å²) in [6.45, 7) is 4.88. The molecule has 5 rings (SSSR count). The molecule has 0 radical (unpaired) electrons. The summed E-state index contributed by atoms with van der Waals surface area (Å²) in [5.41, 5.74) is 4.53. The summed E-state index contributed by atoms with van der Waals surface area (Å²) in [6.07, 6.45) is 4.91. The number of hydrogen-bond donors (Lipinski definition) is 0. The van der Waals surface area contributed by atoms with Crippen molar-refractivity contribution < 1.29 is 4.74 Å². The Kier molecular flexibility index (Phi) is 5.25. The minimum Gasteiger partial charge on any atom is -0.496 e. The zero-order valence-corrected chi connectivity index (χ0v) is 17.6. The summed E-state index contributed by atoms with van der Waals surface area (Å²) in [7, 11) is 1.77. The maximum absolute atomic E-state index is 5.51. The Morgan fingerprint density at radius 2 is 2.04 bits per heavy atom. The molecule has 3 aliphatic heterocycles. The van der Waals surface area contributed by atoms with E-state index >= 15 is 0 Å². The van der Waals surface area contributed by atoms with Gasteiger partial charge in [-0.25, -0.2) is 0 Å². The van der Waals surface area contributed by atoms with E-state index in [2.05, 4.69) is 64.0 Å². The third kappa shape index (κ3) is 3.31. The standard InChI is InChI=1S/C24H30N2OS/c1-27-22-10-3-2-7-18(22)8-5-13-25-15-12-21-20(17-25)19-9-4-11-23-24(19)26(21)14-6-16-28-23/h2-4,7,9-11,20-21H,5-6,8,12-17H2,1H3. The van der Waals surface area contributed by atoms with Crippen LogP contribution in [0.25, 0.3) is 0 Å². The topological polar surface area (TPSA) is 15.7 Å². The van der Waals surface area contributed by atoms with Crippen molar-refractivity contribution in [3.63, 3.8) is 0 Å². The number of para-hydroxylation sites is 2. The number of benzene rings is 2. The van der Waals surface area contributed by atoms with Crippen molar-refractivity contribution in [2.45, 2.75) is 42.5 Å². The van der Waals surface area contributed by atoms with Crippen molar-refractivity contribution >= 4 is 17.4 Å². The Balaban J connectivity index is 1.26. The first kappa shape index (κ1) is 18.4. The summed E-state index contributed by atoms with van der Waals surface area (Å²) < 4.78 is 5.51. The molecule has 3 aliphatic rings. The van der Waals surface area contributed by atoms with Gasteiger partial charge >= 0.3 is 0 Å². The van der Waals surface area contributed by atoms with Gasteiger partial charge in [0.1, 0.15) is 5.75 Å². The molecule has 2 aromatic carbocycles. The predicted molar refractivity (Wildman–Crippen MR) is 118 cm³/mol. The van der Waals surface area contributed by atoms with Crippen LogP contribution in [0.2, 0.25) is 0 Å². The van der Waals surface area contributed by atoms with Crippen LogP contribution >= 0.6 is 11.8 Å². The van der Waals surface area contributed by atoms with Gasteiger partial charge in [-0.15, -0.1) is 11.8 Å². The van der Waals surface area contributed by atoms with Crippen molar-refractivity contribution in [3.05, 3.63) is 53.6 Å². The van der Waals surface area contributed by atoms with Gasteiger partial charge in [-0.3, -0.25) is 0 Å². The number of likely N-dealkylation sites (tertiary alicyclic amines) is 1. The Morgan fingerprint density at radius 3 is 2.96 bits per heavy atom. The number of anilines is 1. The van der Waals surface area contributed by atoms with E-state index < -0.39 is 0 Å². The van der Waals surface area contributed by atoms with Crippen molar-refractivity contribution in [1.29, 1.82) is 0 Å². The third-order valence-electron chi connectivity index (χ3n) is 6.69. The second-order valence-corrected chi connectivity index (χ2v) is 9.40. The van der Waals surface area contributed by atoms with Crippen molar-refractivity contribution in [3.8, 4) is 5.75 Å². The zero-order valence-electron chi connectivity index (χ0n) is 16.8. The van der Waals surface area contributed by atoms with Gasteiger partial charge in [0.15, 0.2) is 0 Å². The minimum absolute atomic E-state index is 0.689. The highest BCUT2D eigenvalue weighted by molar-refractivity contribution is 7.99. The van der Waals surface area contributed by atoms with Gasteiger partial charge in [0.2, 0.25) is 0 Å². The summed E-state index contributed by atoms with van der Waals surface area (Å²) >= 11 is 2.06. The average Bonchev–Trinajstić information content (AvgIpc) is 2.89. The molecule has 0 aliphatic carbocycles. The smallest absolute Gasteiger partial charge is 0.122 e. The number of fused-ring (bicyclic) bond motifs is 3. The second kappa shape index (κ2) is 8.00. The fraction of sp³-hybridized carbons (Fsp3) is 0.500. The first-order chi connectivity index (χ1) is 13.8. The average molecular weight is 395 g/mol. The van der Waals surface area contributed by atoms with E-state index in [0.717, 1.165) is 18.2 Å². The molecule has 1 saturated heterocycles. The first-order valence-corrected chi connectivity index (χ1v) is 11.7. The summed E-state index contributed by atoms with van der Waals surface area (Å²) in [6, 6.07) is 16.2. The normalized spacial score (nSPS) is 23.8. The number of aryl methyl sites for hydroxylation is 1. The number of ether oxygens (including phenoxy) is 1. The number of nitrogens with zero attached hydrogens (tertiary/aromatic N) is 2. The number of thioether (sulfide) groups is 1. The molecule has 3 nitrogen and oxygen atoms in total. The molecular formula is C24H30N2OS. The number of methoxy groups -OCH3 is 1. The van der Waals surface area contributed by atoms with E-state index in [0.29, 0.717) is 5.92 Å². The minimum atomic E-state index is 0.689. The van der Waals surface area contributed by atoms with E-state index in [-0.39, 0.29) is 0 Å². The molecule has 3 heterocycles. The van der Waals surface area contributed by atoms with E-state index in [1.807, 2.05) is 0 Å². The molecule has 0 spiro atoms. The molecule has 2 atom stereocenters. The van der Waals surface area contributed by atoms with Gasteiger partial charge < -0.3 is 14.5 Å². The molecule has 0 aromatic heterocycles. The van der Waals surface area contributed by atoms with Crippen LogP contribution in [-0.4, -0.2) is 50.0 Å². The van der Waals surface area contributed by atoms with Crippen molar-refractivity contribution in [2.24, 2.45) is 0 Å². The Bertz CT molecular complexity index is 839. The lowest BCUT2D eigenvalue weighted by Gasteiger charge is -2.39. The highest BCUT2D eigenvalue weighted by Crippen LogP contribution is 2.50. The Hall–Kier alpha value is -1.65. The van der Waals surface area contributed by atoms with Gasteiger partial charge in [-0.1, -0.05) is 30.3 Å². The van der Waals surface area contributed by atoms with Gasteiger partial charge in [0.05, 0.1) is 12.8 Å². The molecule has 0 bridgehead atoms. The monoisotopic (exact) mass is 394 g/mol. The maximum Gasteiger partial charge on any atom is 0.122 e. The molecule has 0 amide bonds. The van der Waals surface area contributed by atoms with Gasteiger partial charge in [0.25, 0.3) is 0 Å². The lowest BCUT2D eigenvalue weighted by Crippen LogP contribution is -2.46. The lowest BCUT2D eigenvalue weighted by atomic mass is 9.89. The molecule has 0 saturated carbocycles. The highest BCUT2D eigenvalue weighted by atomic mass is 32.2. The molecular weight excluding hydrogens is 364 g/mol. The molecule has 1 fully saturated rings. The number of hydrogen-bond acceptors (Lipinski definition) is 4.